The predicted octanol–water partition coefficient (Wildman–Crippen LogP) is 7.24. The third-order valence-corrected chi connectivity index (χ3v) is 15.8. The molecule has 10 rings (SSSR count). The summed E-state index contributed by atoms with van der Waals surface area (Å²) in [4.78, 5) is 68.6. The topological polar surface area (TPSA) is 187 Å². The highest BCUT2D eigenvalue weighted by atomic mass is 79.9. The first-order valence-corrected chi connectivity index (χ1v) is 26.8. The fraction of sp³-hybridized carbons (Fsp3) is 0.314. The average molecular weight is 1040 g/mol. The van der Waals surface area contributed by atoms with Gasteiger partial charge in [0.2, 0.25) is 17.8 Å². The molecule has 2 unspecified atom stereocenters. The minimum atomic E-state index is -2.86. The molecule has 4 amide bonds. The molecule has 6 aromatic rings. The highest BCUT2D eigenvalue weighted by Crippen LogP contribution is 2.43. The summed E-state index contributed by atoms with van der Waals surface area (Å²) < 4.78 is 36.8. The van der Waals surface area contributed by atoms with Gasteiger partial charge < -0.3 is 29.7 Å². The van der Waals surface area contributed by atoms with Gasteiger partial charge >= 0.3 is 0 Å². The number of nitrogens with one attached hydrogen (secondary N) is 3. The molecule has 17 nitrogen and oxygen atoms in total. The molecule has 0 aliphatic carbocycles. The monoisotopic (exact) mass is 1040 g/mol. The van der Waals surface area contributed by atoms with E-state index in [4.69, 9.17) is 9.72 Å². The number of rotatable bonds is 13. The molecule has 3 N–H and O–H groups in total. The lowest BCUT2D eigenvalue weighted by Crippen LogP contribution is -2.54. The molecule has 3 saturated heterocycles. The first kappa shape index (κ1) is 47.7. The fourth-order valence-corrected chi connectivity index (χ4v) is 11.5. The predicted molar refractivity (Wildman–Crippen MR) is 275 cm³/mol. The molecule has 0 saturated carbocycles. The zero-order valence-corrected chi connectivity index (χ0v) is 42.1. The van der Waals surface area contributed by atoms with Crippen molar-refractivity contribution in [1.29, 1.82) is 0 Å². The zero-order valence-electron chi connectivity index (χ0n) is 39.6. The number of aromatic nitrogens is 4. The molecule has 0 bridgehead atoms. The van der Waals surface area contributed by atoms with E-state index in [2.05, 4.69) is 56.7 Å². The Bertz CT molecular complexity index is 3170. The van der Waals surface area contributed by atoms with Gasteiger partial charge in [0.15, 0.2) is 0 Å². The molecule has 366 valence electrons. The third-order valence-electron chi connectivity index (χ3n) is 13.6. The summed E-state index contributed by atoms with van der Waals surface area (Å²) in [6.45, 7) is 9.14. The van der Waals surface area contributed by atoms with Crippen molar-refractivity contribution in [2.75, 3.05) is 86.7 Å². The standard InChI is InChI=1S/C51H52BrFN11O6P/c1-60-29-32(25-55-60)36-23-41(57-51-54-26-38(52)47(59-51)56-40-12-9-31(21-45(40)71(3,4)69)34-7-5-6-8-39(34)53)44(70-2)24-43(36)62-19-17-61(18-20-62)27-30-15-16-63(28-30)33-10-11-35-37(22-33)50(68)64(49(35)67)42-13-14-46(65)58-48(42)66/h5-12,21-26,29-30,42H,13-20,27-28H2,1-4H3,(H,58,65,66)(H2,54,56,57,59). The Labute approximate surface area is 418 Å². The minimum absolute atomic E-state index is 0.0734. The molecule has 3 fully saturated rings. The van der Waals surface area contributed by atoms with Gasteiger partial charge in [-0.25, -0.2) is 9.37 Å². The Balaban J connectivity index is 0.819. The second-order valence-electron chi connectivity index (χ2n) is 18.7. The molecule has 4 aliphatic rings. The molecule has 2 aromatic heterocycles. The van der Waals surface area contributed by atoms with Crippen LogP contribution in [0.25, 0.3) is 22.3 Å². The molecule has 4 aromatic carbocycles. The summed E-state index contributed by atoms with van der Waals surface area (Å²) in [5.41, 5.74) is 6.57. The Morgan fingerprint density at radius 1 is 0.831 bits per heavy atom. The van der Waals surface area contributed by atoms with Crippen LogP contribution in [0.1, 0.15) is 40.0 Å². The lowest BCUT2D eigenvalue weighted by atomic mass is 10.0. The van der Waals surface area contributed by atoms with Crippen molar-refractivity contribution in [3.05, 3.63) is 113 Å². The van der Waals surface area contributed by atoms with Crippen LogP contribution in [0.5, 0.6) is 5.75 Å². The number of nitrogens with zero attached hydrogens (tertiary/aromatic N) is 8. The van der Waals surface area contributed by atoms with Crippen LogP contribution < -0.4 is 35.8 Å². The fourth-order valence-electron chi connectivity index (χ4n) is 10.0. The number of piperazine rings is 1. The van der Waals surface area contributed by atoms with Crippen LogP contribution in [-0.2, 0) is 21.2 Å². The maximum Gasteiger partial charge on any atom is 0.262 e. The highest BCUT2D eigenvalue weighted by molar-refractivity contribution is 9.10. The van der Waals surface area contributed by atoms with E-state index in [1.54, 1.807) is 79.8 Å². The summed E-state index contributed by atoms with van der Waals surface area (Å²) in [7, 11) is 0.657. The van der Waals surface area contributed by atoms with Crippen molar-refractivity contribution in [2.24, 2.45) is 13.0 Å². The summed E-state index contributed by atoms with van der Waals surface area (Å²) >= 11 is 3.59. The van der Waals surface area contributed by atoms with Crippen molar-refractivity contribution in [2.45, 2.75) is 25.3 Å². The molecule has 6 heterocycles. The number of carbonyl (C=O) groups is 4. The van der Waals surface area contributed by atoms with Gasteiger partial charge in [-0.05, 0) is 96.0 Å². The van der Waals surface area contributed by atoms with Crippen LogP contribution in [0.3, 0.4) is 0 Å². The number of hydrogen-bond donors (Lipinski definition) is 3. The number of ether oxygens (including phenoxy) is 1. The van der Waals surface area contributed by atoms with Crippen LogP contribution in [0, 0.1) is 11.7 Å². The number of amides is 4. The van der Waals surface area contributed by atoms with Crippen LogP contribution in [0.4, 0.5) is 38.9 Å². The molecular weight excluding hydrogens is 993 g/mol. The average Bonchev–Trinajstić information content (AvgIpc) is 4.07. The van der Waals surface area contributed by atoms with E-state index in [9.17, 15) is 28.1 Å². The Hall–Kier alpha value is -6.95. The number of halogens is 2. The summed E-state index contributed by atoms with van der Waals surface area (Å²) in [6.07, 6.45) is 6.62. The second-order valence-corrected chi connectivity index (χ2v) is 22.8. The van der Waals surface area contributed by atoms with Crippen molar-refractivity contribution >= 4 is 86.5 Å². The van der Waals surface area contributed by atoms with E-state index in [0.717, 1.165) is 79.6 Å². The van der Waals surface area contributed by atoms with Crippen LogP contribution in [-0.4, -0.2) is 125 Å². The number of anilines is 6. The molecule has 2 atom stereocenters. The van der Waals surface area contributed by atoms with Gasteiger partial charge in [-0.3, -0.25) is 39.0 Å². The largest absolute Gasteiger partial charge is 0.494 e. The SMILES string of the molecule is COc1cc(N2CCN(CC3CCN(c4ccc5c(c4)C(=O)N(C4CCC(=O)NC4=O)C5=O)C3)CC2)c(-c2cnn(C)c2)cc1Nc1ncc(Br)c(Nc2ccc(-c3ccccc3F)cc2P(C)(C)=O)n1. The lowest BCUT2D eigenvalue weighted by molar-refractivity contribution is -0.136. The maximum absolute atomic E-state index is 14.8. The third kappa shape index (κ3) is 9.65. The number of carbonyl (C=O) groups excluding carboxylic acids is 4. The van der Waals surface area contributed by atoms with Gasteiger partial charge in [0.1, 0.15) is 30.6 Å². The van der Waals surface area contributed by atoms with Crippen LogP contribution in [0.15, 0.2) is 95.9 Å². The number of methoxy groups -OCH3 is 1. The first-order chi connectivity index (χ1) is 34.1. The van der Waals surface area contributed by atoms with Crippen molar-refractivity contribution in [1.82, 2.24) is 34.9 Å². The Kier molecular flexibility index (Phi) is 13.0. The number of fused-ring (bicyclic) bond motifs is 1. The smallest absolute Gasteiger partial charge is 0.262 e. The van der Waals surface area contributed by atoms with Gasteiger partial charge in [-0.2, -0.15) is 10.1 Å². The van der Waals surface area contributed by atoms with Crippen molar-refractivity contribution in [3.63, 3.8) is 0 Å². The number of aryl methyl sites for hydroxylation is 1. The maximum atomic E-state index is 14.8. The summed E-state index contributed by atoms with van der Waals surface area (Å²) in [6, 6.07) is 20.2. The molecule has 71 heavy (non-hydrogen) atoms. The van der Waals surface area contributed by atoms with E-state index in [1.807, 2.05) is 37.6 Å². The van der Waals surface area contributed by atoms with Gasteiger partial charge in [-0.15, -0.1) is 0 Å². The zero-order chi connectivity index (χ0) is 49.7. The Morgan fingerprint density at radius 2 is 1.62 bits per heavy atom. The molecule has 4 aliphatic heterocycles. The number of piperidine rings is 1. The van der Waals surface area contributed by atoms with Crippen molar-refractivity contribution in [3.8, 4) is 28.0 Å². The number of hydrogen-bond acceptors (Lipinski definition) is 14. The molecular formula is C51H52BrFN11O6P. The highest BCUT2D eigenvalue weighted by Gasteiger charge is 2.45. The van der Waals surface area contributed by atoms with Crippen molar-refractivity contribution < 1.29 is 32.9 Å². The first-order valence-electron chi connectivity index (χ1n) is 23.4. The lowest BCUT2D eigenvalue weighted by Gasteiger charge is -2.38. The minimum Gasteiger partial charge on any atom is -0.494 e. The van der Waals surface area contributed by atoms with E-state index in [1.165, 1.54) is 6.07 Å². The van der Waals surface area contributed by atoms with Gasteiger partial charge in [0, 0.05) is 111 Å². The second kappa shape index (κ2) is 19.3. The van der Waals surface area contributed by atoms with Crippen LogP contribution in [0.2, 0.25) is 0 Å². The number of imide groups is 2. The number of benzene rings is 4. The molecule has 0 radical (unpaired) electrons. The van der Waals surface area contributed by atoms with Gasteiger partial charge in [0.25, 0.3) is 11.8 Å². The van der Waals surface area contributed by atoms with Gasteiger partial charge in [-0.1, -0.05) is 24.3 Å². The van der Waals surface area contributed by atoms with Gasteiger partial charge in [0.05, 0.1) is 40.3 Å². The van der Waals surface area contributed by atoms with Crippen LogP contribution >= 0.6 is 23.1 Å². The molecule has 20 heteroatoms. The van der Waals surface area contributed by atoms with E-state index < -0.39 is 36.8 Å². The quantitative estimate of drug-likeness (QED) is 0.0776. The van der Waals surface area contributed by atoms with E-state index >= 15 is 0 Å². The normalized spacial score (nSPS) is 18.5. The summed E-state index contributed by atoms with van der Waals surface area (Å²) in [5.74, 6) is -0.695. The molecule has 0 spiro atoms. The summed E-state index contributed by atoms with van der Waals surface area (Å²) in [5, 5.41) is 14.0. The van der Waals surface area contributed by atoms with E-state index in [-0.39, 0.29) is 35.7 Å². The van der Waals surface area contributed by atoms with E-state index in [0.29, 0.717) is 49.8 Å². The Morgan fingerprint density at radius 3 is 2.35 bits per heavy atom.